The molecular formula is C18H18N8O. The molecule has 0 saturated carbocycles. The van der Waals surface area contributed by atoms with Gasteiger partial charge < -0.3 is 10.2 Å². The van der Waals surface area contributed by atoms with Gasteiger partial charge in [0.25, 0.3) is 0 Å². The molecular weight excluding hydrogens is 344 g/mol. The molecule has 3 heterocycles. The van der Waals surface area contributed by atoms with E-state index in [4.69, 9.17) is 0 Å². The van der Waals surface area contributed by atoms with Gasteiger partial charge in [0.15, 0.2) is 5.65 Å². The first-order valence-corrected chi connectivity index (χ1v) is 8.35. The second kappa shape index (κ2) is 6.87. The van der Waals surface area contributed by atoms with Crippen LogP contribution in [0.3, 0.4) is 0 Å². The van der Waals surface area contributed by atoms with E-state index in [9.17, 15) is 4.79 Å². The van der Waals surface area contributed by atoms with Crippen molar-refractivity contribution in [3.63, 3.8) is 0 Å². The van der Waals surface area contributed by atoms with Crippen LogP contribution in [0.2, 0.25) is 0 Å². The van der Waals surface area contributed by atoms with Crippen molar-refractivity contribution in [2.24, 2.45) is 0 Å². The zero-order chi connectivity index (χ0) is 18.8. The highest BCUT2D eigenvalue weighted by atomic mass is 16.2. The molecule has 0 bridgehead atoms. The van der Waals surface area contributed by atoms with E-state index in [-0.39, 0.29) is 12.5 Å². The van der Waals surface area contributed by atoms with E-state index in [2.05, 4.69) is 25.5 Å². The number of aromatic nitrogens is 6. The standard InChI is InChI=1S/C18H18N8O/c1-24(2)16(27)11-25-10-13(8-21-25)23-17-15-9-22-26(18(15)20-12-19-17)14-6-4-3-5-7-14/h3-10,12H,11H2,1-2H3,(H,19,20,23). The van der Waals surface area contributed by atoms with Crippen LogP contribution in [0.15, 0.2) is 55.2 Å². The average molecular weight is 362 g/mol. The van der Waals surface area contributed by atoms with Gasteiger partial charge >= 0.3 is 0 Å². The molecule has 0 aliphatic rings. The Labute approximate surface area is 155 Å². The van der Waals surface area contributed by atoms with Gasteiger partial charge in [0.05, 0.1) is 29.2 Å². The third-order valence-electron chi connectivity index (χ3n) is 4.06. The maximum Gasteiger partial charge on any atom is 0.243 e. The van der Waals surface area contributed by atoms with Crippen molar-refractivity contribution in [2.75, 3.05) is 19.4 Å². The lowest BCUT2D eigenvalue weighted by Gasteiger charge is -2.09. The van der Waals surface area contributed by atoms with Crippen LogP contribution in [0, 0.1) is 0 Å². The maximum absolute atomic E-state index is 11.8. The number of benzene rings is 1. The third-order valence-corrected chi connectivity index (χ3v) is 4.06. The summed E-state index contributed by atoms with van der Waals surface area (Å²) in [5.41, 5.74) is 2.36. The molecule has 1 aromatic carbocycles. The van der Waals surface area contributed by atoms with E-state index in [0.717, 1.165) is 16.8 Å². The Morgan fingerprint density at radius 2 is 1.93 bits per heavy atom. The van der Waals surface area contributed by atoms with Crippen LogP contribution in [-0.2, 0) is 11.3 Å². The number of rotatable bonds is 5. The predicted molar refractivity (Wildman–Crippen MR) is 101 cm³/mol. The van der Waals surface area contributed by atoms with Crippen LogP contribution in [0.25, 0.3) is 16.7 Å². The summed E-state index contributed by atoms with van der Waals surface area (Å²) in [5, 5.41) is 12.7. The van der Waals surface area contributed by atoms with E-state index in [1.165, 1.54) is 11.2 Å². The number of carbonyl (C=O) groups excluding carboxylic acids is 1. The number of nitrogens with one attached hydrogen (secondary N) is 1. The Morgan fingerprint density at radius 1 is 1.11 bits per heavy atom. The first-order chi connectivity index (χ1) is 13.1. The minimum Gasteiger partial charge on any atom is -0.347 e. The number of carbonyl (C=O) groups is 1. The molecule has 0 radical (unpaired) electrons. The Hall–Kier alpha value is -3.75. The average Bonchev–Trinajstić information content (AvgIpc) is 3.30. The highest BCUT2D eigenvalue weighted by Gasteiger charge is 2.12. The zero-order valence-electron chi connectivity index (χ0n) is 14.9. The lowest BCUT2D eigenvalue weighted by molar-refractivity contribution is -0.129. The number of hydrogen-bond acceptors (Lipinski definition) is 6. The molecule has 0 atom stereocenters. The summed E-state index contributed by atoms with van der Waals surface area (Å²) in [7, 11) is 3.43. The zero-order valence-corrected chi connectivity index (χ0v) is 14.9. The Morgan fingerprint density at radius 3 is 2.70 bits per heavy atom. The molecule has 9 heteroatoms. The number of amides is 1. The maximum atomic E-state index is 11.8. The molecule has 136 valence electrons. The van der Waals surface area contributed by atoms with Gasteiger partial charge in [-0.2, -0.15) is 10.2 Å². The second-order valence-corrected chi connectivity index (χ2v) is 6.19. The topological polar surface area (TPSA) is 93.8 Å². The van der Waals surface area contributed by atoms with E-state index in [1.807, 2.05) is 30.3 Å². The first-order valence-electron chi connectivity index (χ1n) is 8.35. The molecule has 0 aliphatic carbocycles. The molecule has 3 aromatic heterocycles. The molecule has 1 amide bonds. The lowest BCUT2D eigenvalue weighted by Crippen LogP contribution is -2.26. The predicted octanol–water partition coefficient (Wildman–Crippen LogP) is 1.84. The van der Waals surface area contributed by atoms with Crippen LogP contribution < -0.4 is 5.32 Å². The largest absolute Gasteiger partial charge is 0.347 e. The number of para-hydroxylation sites is 1. The van der Waals surface area contributed by atoms with Gasteiger partial charge in [-0.25, -0.2) is 14.6 Å². The minimum atomic E-state index is -0.0294. The third kappa shape index (κ3) is 3.34. The summed E-state index contributed by atoms with van der Waals surface area (Å²) in [6, 6.07) is 9.79. The van der Waals surface area contributed by atoms with Crippen LogP contribution in [-0.4, -0.2) is 54.4 Å². The summed E-state index contributed by atoms with van der Waals surface area (Å²) >= 11 is 0. The van der Waals surface area contributed by atoms with Crippen LogP contribution >= 0.6 is 0 Å². The lowest BCUT2D eigenvalue weighted by atomic mass is 10.3. The fraction of sp³-hybridized carbons (Fsp3) is 0.167. The van der Waals surface area contributed by atoms with Crippen molar-refractivity contribution in [2.45, 2.75) is 6.54 Å². The van der Waals surface area contributed by atoms with E-state index >= 15 is 0 Å². The molecule has 1 N–H and O–H groups in total. The first kappa shape index (κ1) is 16.7. The fourth-order valence-corrected chi connectivity index (χ4v) is 2.63. The number of nitrogens with zero attached hydrogens (tertiary/aromatic N) is 7. The van der Waals surface area contributed by atoms with E-state index < -0.39 is 0 Å². The fourth-order valence-electron chi connectivity index (χ4n) is 2.63. The van der Waals surface area contributed by atoms with Gasteiger partial charge in [0, 0.05) is 20.3 Å². The number of hydrogen-bond donors (Lipinski definition) is 1. The highest BCUT2D eigenvalue weighted by molar-refractivity contribution is 5.89. The number of fused-ring (bicyclic) bond motifs is 1. The van der Waals surface area contributed by atoms with E-state index in [1.54, 1.807) is 42.0 Å². The van der Waals surface area contributed by atoms with Crippen molar-refractivity contribution in [1.29, 1.82) is 0 Å². The molecule has 27 heavy (non-hydrogen) atoms. The minimum absolute atomic E-state index is 0.0294. The number of likely N-dealkylation sites (N-methyl/N-ethyl adjacent to an activating group) is 1. The Bertz CT molecular complexity index is 1080. The molecule has 0 unspecified atom stereocenters. The highest BCUT2D eigenvalue weighted by Crippen LogP contribution is 2.24. The number of anilines is 2. The van der Waals surface area contributed by atoms with Crippen molar-refractivity contribution in [3.8, 4) is 5.69 Å². The van der Waals surface area contributed by atoms with Crippen molar-refractivity contribution < 1.29 is 4.79 Å². The van der Waals surface area contributed by atoms with Gasteiger partial charge in [-0.3, -0.25) is 9.48 Å². The van der Waals surface area contributed by atoms with Gasteiger partial charge in [0.1, 0.15) is 18.7 Å². The quantitative estimate of drug-likeness (QED) is 0.582. The van der Waals surface area contributed by atoms with Gasteiger partial charge in [0.2, 0.25) is 5.91 Å². The van der Waals surface area contributed by atoms with Crippen LogP contribution in [0.4, 0.5) is 11.5 Å². The molecule has 0 spiro atoms. The van der Waals surface area contributed by atoms with Crippen molar-refractivity contribution >= 4 is 28.4 Å². The molecule has 0 aliphatic heterocycles. The summed E-state index contributed by atoms with van der Waals surface area (Å²) in [6.45, 7) is 0.180. The van der Waals surface area contributed by atoms with Crippen molar-refractivity contribution in [1.82, 2.24) is 34.4 Å². The van der Waals surface area contributed by atoms with Crippen LogP contribution in [0.1, 0.15) is 0 Å². The molecule has 4 aromatic rings. The second-order valence-electron chi connectivity index (χ2n) is 6.19. The smallest absolute Gasteiger partial charge is 0.243 e. The molecule has 0 fully saturated rings. The van der Waals surface area contributed by atoms with Crippen molar-refractivity contribution in [3.05, 3.63) is 55.2 Å². The van der Waals surface area contributed by atoms with Gasteiger partial charge in [-0.05, 0) is 12.1 Å². The summed E-state index contributed by atoms with van der Waals surface area (Å²) in [4.78, 5) is 22.0. The van der Waals surface area contributed by atoms with E-state index in [0.29, 0.717) is 11.5 Å². The van der Waals surface area contributed by atoms with Crippen LogP contribution in [0.5, 0.6) is 0 Å². The molecule has 4 rings (SSSR count). The van der Waals surface area contributed by atoms with Gasteiger partial charge in [-0.1, -0.05) is 18.2 Å². The monoisotopic (exact) mass is 362 g/mol. The van der Waals surface area contributed by atoms with Gasteiger partial charge in [-0.15, -0.1) is 0 Å². The summed E-state index contributed by atoms with van der Waals surface area (Å²) in [6.07, 6.45) is 6.63. The normalized spacial score (nSPS) is 10.9. The Balaban J connectivity index is 1.61. The Kier molecular flexibility index (Phi) is 4.25. The SMILES string of the molecule is CN(C)C(=O)Cn1cc(Nc2ncnc3c2cnn3-c2ccccc2)cn1. The molecule has 0 saturated heterocycles. The summed E-state index contributed by atoms with van der Waals surface area (Å²) in [5.74, 6) is 0.596. The summed E-state index contributed by atoms with van der Waals surface area (Å²) < 4.78 is 3.35. The molecule has 9 nitrogen and oxygen atoms in total.